The Morgan fingerprint density at radius 1 is 0.793 bits per heavy atom. The molecule has 0 heterocycles. The lowest BCUT2D eigenvalue weighted by atomic mass is 10.2. The Labute approximate surface area is 180 Å². The smallest absolute Gasteiger partial charge is 0.407 e. The maximum absolute atomic E-state index is 11.6. The molecule has 29 heavy (non-hydrogen) atoms. The number of nitrogens with one attached hydrogen (secondary N) is 2. The third-order valence-corrected chi connectivity index (χ3v) is 4.11. The number of benzene rings is 1. The van der Waals surface area contributed by atoms with Gasteiger partial charge in [-0.15, -0.1) is 0 Å². The molecule has 0 radical (unpaired) electrons. The maximum atomic E-state index is 11.6. The van der Waals surface area contributed by atoms with Crippen LogP contribution in [0.1, 0.15) is 18.4 Å². The SMILES string of the molecule is O=C(CBr)NCCCOCCOCCOCCCNC(=O)OCc1ccccc1. The van der Waals surface area contributed by atoms with E-state index in [2.05, 4.69) is 26.6 Å². The maximum Gasteiger partial charge on any atom is 0.407 e. The Kier molecular flexibility index (Phi) is 16.0. The predicted octanol–water partition coefficient (Wildman–Crippen LogP) is 2.25. The van der Waals surface area contributed by atoms with E-state index in [-0.39, 0.29) is 12.5 Å². The topological polar surface area (TPSA) is 95.1 Å². The average Bonchev–Trinajstić information content (AvgIpc) is 2.75. The molecule has 0 fully saturated rings. The fourth-order valence-electron chi connectivity index (χ4n) is 2.13. The first-order valence-electron chi connectivity index (χ1n) is 9.73. The summed E-state index contributed by atoms with van der Waals surface area (Å²) in [5.74, 6) is -0.0212. The summed E-state index contributed by atoms with van der Waals surface area (Å²) >= 11 is 3.08. The van der Waals surface area contributed by atoms with Gasteiger partial charge >= 0.3 is 6.09 Å². The highest BCUT2D eigenvalue weighted by atomic mass is 79.9. The van der Waals surface area contributed by atoms with E-state index in [4.69, 9.17) is 18.9 Å². The van der Waals surface area contributed by atoms with Gasteiger partial charge in [0.05, 0.1) is 31.8 Å². The Balaban J connectivity index is 1.76. The molecule has 1 aromatic rings. The van der Waals surface area contributed by atoms with E-state index >= 15 is 0 Å². The standard InChI is InChI=1S/C20H31BrN2O6/c21-16-19(24)22-8-4-10-26-12-14-28-15-13-27-11-5-9-23-20(25)29-17-18-6-2-1-3-7-18/h1-3,6-7H,4-5,8-17H2,(H,22,24)(H,23,25). The first-order chi connectivity index (χ1) is 14.2. The molecule has 0 bridgehead atoms. The second-order valence-electron chi connectivity index (χ2n) is 6.02. The number of carbonyl (C=O) groups is 2. The zero-order valence-corrected chi connectivity index (χ0v) is 18.3. The van der Waals surface area contributed by atoms with Crippen LogP contribution in [-0.2, 0) is 30.3 Å². The molecule has 0 aromatic heterocycles. The highest BCUT2D eigenvalue weighted by Gasteiger charge is 2.01. The van der Waals surface area contributed by atoms with Crippen LogP contribution in [0.25, 0.3) is 0 Å². The summed E-state index contributed by atoms with van der Waals surface area (Å²) < 4.78 is 21.3. The molecule has 9 heteroatoms. The van der Waals surface area contributed by atoms with Gasteiger partial charge in [0.1, 0.15) is 6.61 Å². The van der Waals surface area contributed by atoms with Gasteiger partial charge in [-0.25, -0.2) is 4.79 Å². The van der Waals surface area contributed by atoms with Gasteiger partial charge in [0.25, 0.3) is 0 Å². The summed E-state index contributed by atoms with van der Waals surface area (Å²) in [7, 11) is 0. The second-order valence-corrected chi connectivity index (χ2v) is 6.58. The number of rotatable bonds is 17. The molecule has 0 aliphatic carbocycles. The van der Waals surface area contributed by atoms with Gasteiger partial charge in [-0.3, -0.25) is 4.79 Å². The van der Waals surface area contributed by atoms with Crippen molar-refractivity contribution in [1.29, 1.82) is 0 Å². The Morgan fingerprint density at radius 2 is 1.34 bits per heavy atom. The monoisotopic (exact) mass is 474 g/mol. The zero-order chi connectivity index (χ0) is 21.0. The lowest BCUT2D eigenvalue weighted by Crippen LogP contribution is -2.26. The molecule has 1 rings (SSSR count). The third-order valence-electron chi connectivity index (χ3n) is 3.60. The molecule has 8 nitrogen and oxygen atoms in total. The Bertz CT molecular complexity index is 547. The number of hydrogen-bond acceptors (Lipinski definition) is 6. The molecule has 0 aliphatic rings. The van der Waals surface area contributed by atoms with Crippen LogP contribution in [0.2, 0.25) is 0 Å². The molecule has 0 aliphatic heterocycles. The zero-order valence-electron chi connectivity index (χ0n) is 16.7. The van der Waals surface area contributed by atoms with Gasteiger partial charge in [-0.2, -0.15) is 0 Å². The molecule has 0 unspecified atom stereocenters. The number of ether oxygens (including phenoxy) is 4. The summed E-state index contributed by atoms with van der Waals surface area (Å²) in [5.41, 5.74) is 0.954. The first kappa shape index (κ1) is 25.4. The molecule has 0 saturated carbocycles. The fraction of sp³-hybridized carbons (Fsp3) is 0.600. The van der Waals surface area contributed by atoms with Gasteiger partial charge in [0.15, 0.2) is 0 Å². The van der Waals surface area contributed by atoms with E-state index in [9.17, 15) is 9.59 Å². The Hall–Kier alpha value is -1.68. The van der Waals surface area contributed by atoms with Crippen molar-refractivity contribution >= 4 is 27.9 Å². The van der Waals surface area contributed by atoms with Crippen LogP contribution in [0.4, 0.5) is 4.79 Å². The van der Waals surface area contributed by atoms with Crippen molar-refractivity contribution in [2.45, 2.75) is 19.4 Å². The van der Waals surface area contributed by atoms with Gasteiger partial charge in [-0.05, 0) is 18.4 Å². The van der Waals surface area contributed by atoms with E-state index in [1.807, 2.05) is 30.3 Å². The molecule has 2 N–H and O–H groups in total. The molecular weight excluding hydrogens is 444 g/mol. The number of alkyl carbamates (subject to hydrolysis) is 1. The molecular formula is C20H31BrN2O6. The number of carbonyl (C=O) groups excluding carboxylic acids is 2. The second kappa shape index (κ2) is 18.4. The van der Waals surface area contributed by atoms with E-state index in [1.165, 1.54) is 0 Å². The molecule has 164 valence electrons. The van der Waals surface area contributed by atoms with Crippen molar-refractivity contribution < 1.29 is 28.5 Å². The Morgan fingerprint density at radius 3 is 1.93 bits per heavy atom. The van der Waals surface area contributed by atoms with Crippen molar-refractivity contribution in [3.05, 3.63) is 35.9 Å². The quantitative estimate of drug-likeness (QED) is 0.265. The normalized spacial score (nSPS) is 10.5. The number of hydrogen-bond donors (Lipinski definition) is 2. The molecule has 0 spiro atoms. The lowest BCUT2D eigenvalue weighted by Gasteiger charge is -2.08. The minimum Gasteiger partial charge on any atom is -0.445 e. The molecule has 2 amide bonds. The lowest BCUT2D eigenvalue weighted by molar-refractivity contribution is -0.118. The minimum atomic E-state index is -0.428. The summed E-state index contributed by atoms with van der Waals surface area (Å²) in [6, 6.07) is 9.54. The van der Waals surface area contributed by atoms with Crippen LogP contribution in [-0.4, -0.2) is 70.1 Å². The van der Waals surface area contributed by atoms with E-state index < -0.39 is 6.09 Å². The van der Waals surface area contributed by atoms with E-state index in [1.54, 1.807) is 0 Å². The third kappa shape index (κ3) is 15.9. The van der Waals surface area contributed by atoms with Gasteiger partial charge in [-0.1, -0.05) is 46.3 Å². The highest BCUT2D eigenvalue weighted by Crippen LogP contribution is 2.00. The predicted molar refractivity (Wildman–Crippen MR) is 113 cm³/mol. The van der Waals surface area contributed by atoms with E-state index in [0.717, 1.165) is 12.0 Å². The summed E-state index contributed by atoms with van der Waals surface area (Å²) in [6.45, 7) is 4.51. The first-order valence-corrected chi connectivity index (χ1v) is 10.8. The van der Waals surface area contributed by atoms with Crippen LogP contribution in [0.3, 0.4) is 0 Å². The summed E-state index contributed by atoms with van der Waals surface area (Å²) in [5, 5.41) is 5.76. The minimum absolute atomic E-state index is 0.0212. The summed E-state index contributed by atoms with van der Waals surface area (Å²) in [4.78, 5) is 22.5. The van der Waals surface area contributed by atoms with Crippen LogP contribution < -0.4 is 10.6 Å². The van der Waals surface area contributed by atoms with Gasteiger partial charge in [0.2, 0.25) is 5.91 Å². The summed E-state index contributed by atoms with van der Waals surface area (Å²) in [6.07, 6.45) is 1.05. The fourth-order valence-corrected chi connectivity index (χ4v) is 2.33. The highest BCUT2D eigenvalue weighted by molar-refractivity contribution is 9.09. The molecule has 1 aromatic carbocycles. The molecule has 0 atom stereocenters. The van der Waals surface area contributed by atoms with Crippen molar-refractivity contribution in [2.24, 2.45) is 0 Å². The van der Waals surface area contributed by atoms with Crippen molar-refractivity contribution in [1.82, 2.24) is 10.6 Å². The van der Waals surface area contributed by atoms with Crippen LogP contribution in [0.5, 0.6) is 0 Å². The largest absolute Gasteiger partial charge is 0.445 e. The van der Waals surface area contributed by atoms with Crippen molar-refractivity contribution in [3.8, 4) is 0 Å². The van der Waals surface area contributed by atoms with Crippen LogP contribution >= 0.6 is 15.9 Å². The van der Waals surface area contributed by atoms with Gasteiger partial charge < -0.3 is 29.6 Å². The van der Waals surface area contributed by atoms with Crippen molar-refractivity contribution in [2.75, 3.05) is 58.1 Å². The number of halogens is 1. The average molecular weight is 475 g/mol. The van der Waals surface area contributed by atoms with E-state index in [0.29, 0.717) is 64.5 Å². The number of alkyl halides is 1. The van der Waals surface area contributed by atoms with Gasteiger partial charge in [0, 0.05) is 26.3 Å². The van der Waals surface area contributed by atoms with Crippen LogP contribution in [0.15, 0.2) is 30.3 Å². The number of amides is 2. The van der Waals surface area contributed by atoms with Crippen LogP contribution in [0, 0.1) is 0 Å². The molecule has 0 saturated heterocycles. The van der Waals surface area contributed by atoms with Crippen molar-refractivity contribution in [3.63, 3.8) is 0 Å².